The van der Waals surface area contributed by atoms with Gasteiger partial charge in [-0.15, -0.1) is 0 Å². The van der Waals surface area contributed by atoms with Crippen molar-refractivity contribution < 1.29 is 9.53 Å². The molecule has 0 saturated carbocycles. The number of methoxy groups -OCH3 is 1. The zero-order valence-electron chi connectivity index (χ0n) is 8.49. The molecule has 0 amide bonds. The third-order valence-electron chi connectivity index (χ3n) is 1.98. The number of carbonyl (C=O) groups excluding carboxylic acids is 1. The molecule has 2 aromatic heterocycles. The first-order valence-corrected chi connectivity index (χ1v) is 4.41. The average Bonchev–Trinajstić information content (AvgIpc) is 2.82. The van der Waals surface area contributed by atoms with E-state index in [4.69, 9.17) is 5.73 Å². The van der Waals surface area contributed by atoms with Crippen molar-refractivity contribution in [3.8, 4) is 5.82 Å². The molecular formula is C9H9N5O2. The number of nitrogens with zero attached hydrogens (tertiary/aromatic N) is 4. The topological polar surface area (TPSA) is 95.9 Å². The third kappa shape index (κ3) is 1.70. The standard InChI is InChI=1S/C9H9N5O2/c1-16-9(15)6-2-8(12-3-7(6)10)14-5-11-4-13-14/h2-5H,10H2,1H3. The predicted octanol–water partition coefficient (Wildman–Crippen LogP) is 0.0311. The van der Waals surface area contributed by atoms with Crippen molar-refractivity contribution in [2.45, 2.75) is 0 Å². The van der Waals surface area contributed by atoms with Gasteiger partial charge in [0.2, 0.25) is 0 Å². The summed E-state index contributed by atoms with van der Waals surface area (Å²) in [6.07, 6.45) is 4.22. The second-order valence-electron chi connectivity index (χ2n) is 2.96. The normalized spacial score (nSPS) is 10.1. The first-order valence-electron chi connectivity index (χ1n) is 4.41. The number of anilines is 1. The van der Waals surface area contributed by atoms with E-state index in [1.54, 1.807) is 0 Å². The fraction of sp³-hybridized carbons (Fsp3) is 0.111. The Balaban J connectivity index is 2.47. The molecule has 0 atom stereocenters. The van der Waals surface area contributed by atoms with Crippen LogP contribution in [-0.2, 0) is 4.74 Å². The molecule has 2 N–H and O–H groups in total. The second kappa shape index (κ2) is 3.97. The number of ether oxygens (including phenoxy) is 1. The van der Waals surface area contributed by atoms with Crippen LogP contribution in [0.15, 0.2) is 24.9 Å². The maximum Gasteiger partial charge on any atom is 0.340 e. The minimum Gasteiger partial charge on any atom is -0.465 e. The molecule has 0 fully saturated rings. The lowest BCUT2D eigenvalue weighted by Crippen LogP contribution is -2.08. The largest absolute Gasteiger partial charge is 0.465 e. The Labute approximate surface area is 90.9 Å². The Kier molecular flexibility index (Phi) is 2.50. The fourth-order valence-electron chi connectivity index (χ4n) is 1.19. The van der Waals surface area contributed by atoms with Gasteiger partial charge in [-0.2, -0.15) is 5.10 Å². The number of nitrogen functional groups attached to an aromatic ring is 1. The number of pyridine rings is 1. The molecular weight excluding hydrogens is 210 g/mol. The van der Waals surface area contributed by atoms with E-state index in [2.05, 4.69) is 19.8 Å². The van der Waals surface area contributed by atoms with Gasteiger partial charge in [-0.25, -0.2) is 19.4 Å². The number of hydrogen-bond acceptors (Lipinski definition) is 6. The van der Waals surface area contributed by atoms with Gasteiger partial charge < -0.3 is 10.5 Å². The summed E-state index contributed by atoms with van der Waals surface area (Å²) in [6, 6.07) is 1.50. The molecule has 0 aromatic carbocycles. The summed E-state index contributed by atoms with van der Waals surface area (Å²) in [7, 11) is 1.29. The second-order valence-corrected chi connectivity index (χ2v) is 2.96. The van der Waals surface area contributed by atoms with E-state index in [0.717, 1.165) is 0 Å². The molecule has 16 heavy (non-hydrogen) atoms. The first kappa shape index (κ1) is 10.1. The fourth-order valence-corrected chi connectivity index (χ4v) is 1.19. The SMILES string of the molecule is COC(=O)c1cc(-n2cncn2)ncc1N. The van der Waals surface area contributed by atoms with Gasteiger partial charge in [-0.1, -0.05) is 0 Å². The van der Waals surface area contributed by atoms with Crippen LogP contribution in [-0.4, -0.2) is 32.8 Å². The monoisotopic (exact) mass is 219 g/mol. The highest BCUT2D eigenvalue weighted by Crippen LogP contribution is 2.14. The number of aromatic nitrogens is 4. The zero-order valence-corrected chi connectivity index (χ0v) is 8.49. The molecule has 0 aliphatic rings. The molecule has 7 heteroatoms. The molecule has 0 spiro atoms. The van der Waals surface area contributed by atoms with Gasteiger partial charge in [-0.05, 0) is 6.07 Å². The Morgan fingerprint density at radius 3 is 3.00 bits per heavy atom. The van der Waals surface area contributed by atoms with Crippen molar-refractivity contribution in [3.63, 3.8) is 0 Å². The highest BCUT2D eigenvalue weighted by molar-refractivity contribution is 5.95. The summed E-state index contributed by atoms with van der Waals surface area (Å²) in [5.41, 5.74) is 6.12. The van der Waals surface area contributed by atoms with E-state index in [1.165, 1.54) is 36.7 Å². The van der Waals surface area contributed by atoms with E-state index in [0.29, 0.717) is 5.82 Å². The molecule has 2 rings (SSSR count). The van der Waals surface area contributed by atoms with Crippen molar-refractivity contribution >= 4 is 11.7 Å². The van der Waals surface area contributed by atoms with Gasteiger partial charge in [0.1, 0.15) is 12.7 Å². The molecule has 0 radical (unpaired) electrons. The number of rotatable bonds is 2. The Morgan fingerprint density at radius 1 is 1.56 bits per heavy atom. The highest BCUT2D eigenvalue weighted by atomic mass is 16.5. The lowest BCUT2D eigenvalue weighted by atomic mass is 10.2. The van der Waals surface area contributed by atoms with Crippen LogP contribution in [0.5, 0.6) is 0 Å². The van der Waals surface area contributed by atoms with E-state index >= 15 is 0 Å². The maximum absolute atomic E-state index is 11.4. The Hall–Kier alpha value is -2.44. The molecule has 2 aromatic rings. The smallest absolute Gasteiger partial charge is 0.340 e. The molecule has 82 valence electrons. The minimum absolute atomic E-state index is 0.253. The van der Waals surface area contributed by atoms with Crippen LogP contribution in [0.1, 0.15) is 10.4 Å². The van der Waals surface area contributed by atoms with Gasteiger partial charge in [0.05, 0.1) is 24.6 Å². The molecule has 7 nitrogen and oxygen atoms in total. The number of nitrogens with two attached hydrogens (primary N) is 1. The van der Waals surface area contributed by atoms with Crippen molar-refractivity contribution in [2.24, 2.45) is 0 Å². The minimum atomic E-state index is -0.513. The molecule has 2 heterocycles. The molecule has 0 saturated heterocycles. The maximum atomic E-state index is 11.4. The van der Waals surface area contributed by atoms with E-state index in [-0.39, 0.29) is 11.3 Å². The highest BCUT2D eigenvalue weighted by Gasteiger charge is 2.12. The molecule has 0 aliphatic carbocycles. The first-order chi connectivity index (χ1) is 7.72. The number of hydrogen-bond donors (Lipinski definition) is 1. The lowest BCUT2D eigenvalue weighted by molar-refractivity contribution is 0.0602. The van der Waals surface area contributed by atoms with Crippen molar-refractivity contribution in [1.29, 1.82) is 0 Å². The van der Waals surface area contributed by atoms with Gasteiger partial charge >= 0.3 is 5.97 Å². The summed E-state index contributed by atoms with van der Waals surface area (Å²) < 4.78 is 6.02. The third-order valence-corrected chi connectivity index (χ3v) is 1.98. The summed E-state index contributed by atoms with van der Waals surface area (Å²) in [4.78, 5) is 19.2. The predicted molar refractivity (Wildman–Crippen MR) is 54.9 cm³/mol. The van der Waals surface area contributed by atoms with Gasteiger partial charge in [0, 0.05) is 0 Å². The average molecular weight is 219 g/mol. The zero-order chi connectivity index (χ0) is 11.5. The van der Waals surface area contributed by atoms with Crippen LogP contribution in [0.25, 0.3) is 5.82 Å². The molecule has 0 aliphatic heterocycles. The van der Waals surface area contributed by atoms with Gasteiger partial charge in [0.25, 0.3) is 0 Å². The summed E-state index contributed by atoms with van der Waals surface area (Å²) in [6.45, 7) is 0. The Bertz CT molecular complexity index is 509. The summed E-state index contributed by atoms with van der Waals surface area (Å²) in [5.74, 6) is -0.0617. The summed E-state index contributed by atoms with van der Waals surface area (Å²) in [5, 5.41) is 3.89. The van der Waals surface area contributed by atoms with Crippen molar-refractivity contribution in [3.05, 3.63) is 30.5 Å². The van der Waals surface area contributed by atoms with Crippen LogP contribution in [0.3, 0.4) is 0 Å². The summed E-state index contributed by atoms with van der Waals surface area (Å²) >= 11 is 0. The van der Waals surface area contributed by atoms with Crippen molar-refractivity contribution in [2.75, 3.05) is 12.8 Å². The lowest BCUT2D eigenvalue weighted by Gasteiger charge is -2.05. The Morgan fingerprint density at radius 2 is 2.38 bits per heavy atom. The van der Waals surface area contributed by atoms with Crippen LogP contribution in [0.4, 0.5) is 5.69 Å². The van der Waals surface area contributed by atoms with E-state index in [1.807, 2.05) is 0 Å². The van der Waals surface area contributed by atoms with Gasteiger partial charge in [0.15, 0.2) is 5.82 Å². The van der Waals surface area contributed by atoms with E-state index < -0.39 is 5.97 Å². The molecule has 0 unspecified atom stereocenters. The quantitative estimate of drug-likeness (QED) is 0.716. The van der Waals surface area contributed by atoms with Crippen LogP contribution in [0, 0.1) is 0 Å². The van der Waals surface area contributed by atoms with Crippen LogP contribution in [0.2, 0.25) is 0 Å². The number of esters is 1. The van der Waals surface area contributed by atoms with E-state index in [9.17, 15) is 4.79 Å². The molecule has 0 bridgehead atoms. The van der Waals surface area contributed by atoms with Crippen LogP contribution >= 0.6 is 0 Å². The number of carbonyl (C=O) groups is 1. The van der Waals surface area contributed by atoms with Gasteiger partial charge in [-0.3, -0.25) is 0 Å². The van der Waals surface area contributed by atoms with Crippen molar-refractivity contribution in [1.82, 2.24) is 19.7 Å². The van der Waals surface area contributed by atoms with Crippen LogP contribution < -0.4 is 5.73 Å².